The van der Waals surface area contributed by atoms with Crippen molar-refractivity contribution in [3.05, 3.63) is 47.8 Å². The van der Waals surface area contributed by atoms with Crippen molar-refractivity contribution in [3.8, 4) is 0 Å². The number of sulfonamides is 1. The molecule has 0 fully saturated rings. The second kappa shape index (κ2) is 6.68. The first-order valence-electron chi connectivity index (χ1n) is 7.64. The Morgan fingerprint density at radius 1 is 1.24 bits per heavy atom. The van der Waals surface area contributed by atoms with Gasteiger partial charge < -0.3 is 5.32 Å². The van der Waals surface area contributed by atoms with Crippen LogP contribution in [0.25, 0.3) is 0 Å². The fourth-order valence-corrected chi connectivity index (χ4v) is 4.59. The zero-order valence-electron chi connectivity index (χ0n) is 13.7. The monoisotopic (exact) mass is 380 g/mol. The summed E-state index contributed by atoms with van der Waals surface area (Å²) < 4.78 is 41.1. The summed E-state index contributed by atoms with van der Waals surface area (Å²) >= 11 is 1.52. The lowest BCUT2D eigenvalue weighted by molar-refractivity contribution is -0.116. The zero-order valence-corrected chi connectivity index (χ0v) is 15.3. The fraction of sp³-hybridized carbons (Fsp3) is 0.235. The van der Waals surface area contributed by atoms with E-state index < -0.39 is 15.8 Å². The maximum atomic E-state index is 13.6. The van der Waals surface area contributed by atoms with E-state index >= 15 is 0 Å². The Labute approximate surface area is 150 Å². The molecular weight excluding hydrogens is 363 g/mol. The van der Waals surface area contributed by atoms with Gasteiger partial charge in [-0.05, 0) is 42.8 Å². The number of carbonyl (C=O) groups is 1. The van der Waals surface area contributed by atoms with Crippen LogP contribution in [-0.4, -0.2) is 19.6 Å². The van der Waals surface area contributed by atoms with E-state index in [0.29, 0.717) is 17.7 Å². The highest BCUT2D eigenvalue weighted by Gasteiger charge is 2.22. The standard InChI is InChI=1S/C17H17FN2O3S2/c1-10-3-4-12(8-14(10)18)20-25(22,23)13-5-6-16-15(9-13)19-17(21)7-11(2)24-16/h3-6,8-9,11,20H,7H2,1-2H3,(H,19,21)/t11-/m0/s1. The molecule has 2 aromatic rings. The van der Waals surface area contributed by atoms with Gasteiger partial charge in [0.05, 0.1) is 16.3 Å². The summed E-state index contributed by atoms with van der Waals surface area (Å²) in [4.78, 5) is 12.7. The third-order valence-electron chi connectivity index (χ3n) is 3.76. The molecule has 0 bridgehead atoms. The first-order chi connectivity index (χ1) is 11.7. The molecule has 3 rings (SSSR count). The normalized spacial score (nSPS) is 17.4. The summed E-state index contributed by atoms with van der Waals surface area (Å²) in [5.41, 5.74) is 1.05. The number of carbonyl (C=O) groups excluding carboxylic acids is 1. The van der Waals surface area contributed by atoms with Gasteiger partial charge in [-0.1, -0.05) is 13.0 Å². The molecular formula is C17H17FN2O3S2. The molecule has 2 aromatic carbocycles. The van der Waals surface area contributed by atoms with Gasteiger partial charge in [-0.2, -0.15) is 0 Å². The van der Waals surface area contributed by atoms with Crippen LogP contribution >= 0.6 is 11.8 Å². The summed E-state index contributed by atoms with van der Waals surface area (Å²) in [5.74, 6) is -0.637. The zero-order chi connectivity index (χ0) is 18.2. The molecule has 132 valence electrons. The summed E-state index contributed by atoms with van der Waals surface area (Å²) in [5, 5.41) is 2.84. The fourth-order valence-electron chi connectivity index (χ4n) is 2.47. The van der Waals surface area contributed by atoms with E-state index in [2.05, 4.69) is 10.0 Å². The van der Waals surface area contributed by atoms with Gasteiger partial charge >= 0.3 is 0 Å². The van der Waals surface area contributed by atoms with Crippen molar-refractivity contribution in [2.75, 3.05) is 10.0 Å². The molecule has 0 saturated heterocycles. The molecule has 0 saturated carbocycles. The summed E-state index contributed by atoms with van der Waals surface area (Å²) in [6.45, 7) is 3.54. The van der Waals surface area contributed by atoms with Gasteiger partial charge in [-0.3, -0.25) is 9.52 Å². The van der Waals surface area contributed by atoms with Crippen LogP contribution in [0.1, 0.15) is 18.9 Å². The lowest BCUT2D eigenvalue weighted by Crippen LogP contribution is -2.15. The van der Waals surface area contributed by atoms with E-state index in [9.17, 15) is 17.6 Å². The van der Waals surface area contributed by atoms with E-state index in [0.717, 1.165) is 11.0 Å². The number of thioether (sulfide) groups is 1. The molecule has 5 nitrogen and oxygen atoms in total. The van der Waals surface area contributed by atoms with Gasteiger partial charge in [0.1, 0.15) is 5.82 Å². The van der Waals surface area contributed by atoms with Crippen molar-refractivity contribution in [3.63, 3.8) is 0 Å². The maximum absolute atomic E-state index is 13.6. The molecule has 25 heavy (non-hydrogen) atoms. The third-order valence-corrected chi connectivity index (χ3v) is 6.32. The van der Waals surface area contributed by atoms with Crippen LogP contribution < -0.4 is 10.0 Å². The van der Waals surface area contributed by atoms with Gasteiger partial charge in [0.25, 0.3) is 10.0 Å². The van der Waals surface area contributed by atoms with Crippen LogP contribution in [-0.2, 0) is 14.8 Å². The Bertz CT molecular complexity index is 945. The maximum Gasteiger partial charge on any atom is 0.261 e. The molecule has 8 heteroatoms. The molecule has 1 aliphatic heterocycles. The summed E-state index contributed by atoms with van der Waals surface area (Å²) in [6.07, 6.45) is 0.363. The van der Waals surface area contributed by atoms with Crippen LogP contribution in [0, 0.1) is 12.7 Å². The van der Waals surface area contributed by atoms with Crippen LogP contribution in [0.3, 0.4) is 0 Å². The number of anilines is 2. The molecule has 1 aliphatic rings. The number of benzene rings is 2. The van der Waals surface area contributed by atoms with Crippen LogP contribution in [0.15, 0.2) is 46.2 Å². The van der Waals surface area contributed by atoms with Crippen molar-refractivity contribution >= 4 is 39.1 Å². The minimum absolute atomic E-state index is 0.00249. The second-order valence-corrected chi connectivity index (χ2v) is 9.07. The lowest BCUT2D eigenvalue weighted by atomic mass is 10.2. The van der Waals surface area contributed by atoms with Gasteiger partial charge in [0.15, 0.2) is 0 Å². The first kappa shape index (κ1) is 17.8. The number of amides is 1. The quantitative estimate of drug-likeness (QED) is 0.850. The molecule has 0 radical (unpaired) electrons. The lowest BCUT2D eigenvalue weighted by Gasteiger charge is -2.12. The van der Waals surface area contributed by atoms with Gasteiger partial charge in [-0.15, -0.1) is 11.8 Å². The number of hydrogen-bond acceptors (Lipinski definition) is 4. The van der Waals surface area contributed by atoms with Crippen molar-refractivity contribution in [1.29, 1.82) is 0 Å². The number of rotatable bonds is 3. The SMILES string of the molecule is Cc1ccc(NS(=O)(=O)c2ccc3c(c2)NC(=O)C[C@H](C)S3)cc1F. The number of fused-ring (bicyclic) bond motifs is 1. The van der Waals surface area contributed by atoms with Crippen molar-refractivity contribution in [2.45, 2.75) is 35.3 Å². The largest absolute Gasteiger partial charge is 0.325 e. The number of hydrogen-bond donors (Lipinski definition) is 2. The molecule has 0 spiro atoms. The second-order valence-electron chi connectivity index (χ2n) is 5.91. The summed E-state index contributed by atoms with van der Waals surface area (Å²) in [7, 11) is -3.90. The Morgan fingerprint density at radius 2 is 2.00 bits per heavy atom. The van der Waals surface area contributed by atoms with E-state index in [1.165, 1.54) is 36.0 Å². The van der Waals surface area contributed by atoms with Crippen LogP contribution in [0.5, 0.6) is 0 Å². The predicted molar refractivity (Wildman–Crippen MR) is 97.0 cm³/mol. The van der Waals surface area contributed by atoms with Gasteiger partial charge in [0, 0.05) is 16.6 Å². The number of halogens is 1. The van der Waals surface area contributed by atoms with E-state index in [4.69, 9.17) is 0 Å². The van der Waals surface area contributed by atoms with E-state index in [1.54, 1.807) is 13.0 Å². The predicted octanol–water partition coefficient (Wildman–Crippen LogP) is 3.76. The van der Waals surface area contributed by atoms with Crippen molar-refractivity contribution in [2.24, 2.45) is 0 Å². The smallest absolute Gasteiger partial charge is 0.261 e. The Balaban J connectivity index is 1.92. The molecule has 1 atom stereocenters. The Kier molecular flexibility index (Phi) is 4.75. The molecule has 0 aromatic heterocycles. The van der Waals surface area contributed by atoms with Gasteiger partial charge in [-0.25, -0.2) is 12.8 Å². The average molecular weight is 380 g/mol. The minimum Gasteiger partial charge on any atom is -0.325 e. The molecule has 0 unspecified atom stereocenters. The Hall–Kier alpha value is -2.06. The third kappa shape index (κ3) is 3.96. The van der Waals surface area contributed by atoms with Crippen LogP contribution in [0.4, 0.5) is 15.8 Å². The van der Waals surface area contributed by atoms with Crippen molar-refractivity contribution in [1.82, 2.24) is 0 Å². The number of nitrogens with one attached hydrogen (secondary N) is 2. The minimum atomic E-state index is -3.90. The van der Waals surface area contributed by atoms with Gasteiger partial charge in [0.2, 0.25) is 5.91 Å². The molecule has 0 aliphatic carbocycles. The topological polar surface area (TPSA) is 75.3 Å². The van der Waals surface area contributed by atoms with Crippen LogP contribution in [0.2, 0.25) is 0 Å². The molecule has 2 N–H and O–H groups in total. The highest BCUT2D eigenvalue weighted by Crippen LogP contribution is 2.36. The number of aryl methyl sites for hydroxylation is 1. The van der Waals surface area contributed by atoms with Crippen molar-refractivity contribution < 1.29 is 17.6 Å². The summed E-state index contributed by atoms with van der Waals surface area (Å²) in [6, 6.07) is 8.71. The molecule has 1 heterocycles. The van der Waals surface area contributed by atoms with E-state index in [-0.39, 0.29) is 21.7 Å². The Morgan fingerprint density at radius 3 is 2.72 bits per heavy atom. The highest BCUT2D eigenvalue weighted by atomic mass is 32.2. The first-order valence-corrected chi connectivity index (χ1v) is 10.0. The molecule has 1 amide bonds. The highest BCUT2D eigenvalue weighted by molar-refractivity contribution is 8.00. The van der Waals surface area contributed by atoms with E-state index in [1.807, 2.05) is 6.92 Å². The average Bonchev–Trinajstić information content (AvgIpc) is 2.66.